The number of likely N-dealkylation sites (tertiary alicyclic amines) is 1. The molecule has 13 heteroatoms. The van der Waals surface area contributed by atoms with Gasteiger partial charge >= 0.3 is 6.18 Å². The average molecular weight is 559 g/mol. The summed E-state index contributed by atoms with van der Waals surface area (Å²) in [6.07, 6.45) is 0.820. The van der Waals surface area contributed by atoms with Gasteiger partial charge in [0.15, 0.2) is 6.19 Å². The lowest BCUT2D eigenvalue weighted by molar-refractivity contribution is -0.137. The number of alkyl halides is 3. The summed E-state index contributed by atoms with van der Waals surface area (Å²) in [5, 5.41) is 14.7. The van der Waals surface area contributed by atoms with Gasteiger partial charge in [0, 0.05) is 49.5 Å². The zero-order chi connectivity index (χ0) is 29.0. The van der Waals surface area contributed by atoms with E-state index in [4.69, 9.17) is 5.26 Å². The quantitative estimate of drug-likeness (QED) is 0.388. The molecule has 1 aliphatic heterocycles. The number of anilines is 3. The maximum absolute atomic E-state index is 13.7. The first-order valence-electron chi connectivity index (χ1n) is 13.2. The second kappa shape index (κ2) is 12.1. The third-order valence-electron chi connectivity index (χ3n) is 7.64. The highest BCUT2D eigenvalue weighted by atomic mass is 19.4. The second-order valence-electron chi connectivity index (χ2n) is 10.5. The average Bonchev–Trinajstić information content (AvgIpc) is 3.40. The highest BCUT2D eigenvalue weighted by Crippen LogP contribution is 2.36. The Morgan fingerprint density at radius 1 is 1.10 bits per heavy atom. The van der Waals surface area contributed by atoms with Crippen molar-refractivity contribution in [2.24, 2.45) is 5.92 Å². The molecule has 2 atom stereocenters. The van der Waals surface area contributed by atoms with Crippen LogP contribution in [0, 0.1) is 17.4 Å². The van der Waals surface area contributed by atoms with E-state index in [0.717, 1.165) is 30.8 Å². The van der Waals surface area contributed by atoms with Gasteiger partial charge in [0.05, 0.1) is 0 Å². The van der Waals surface area contributed by atoms with Crippen molar-refractivity contribution >= 4 is 29.3 Å². The molecule has 2 heterocycles. The minimum absolute atomic E-state index is 0.0483. The van der Waals surface area contributed by atoms with Crippen LogP contribution in [0.5, 0.6) is 0 Å². The number of hydrogen-bond donors (Lipinski definition) is 2. The van der Waals surface area contributed by atoms with Gasteiger partial charge in [-0.2, -0.15) is 23.4 Å². The maximum atomic E-state index is 13.7. The fourth-order valence-corrected chi connectivity index (χ4v) is 5.19. The maximum Gasteiger partial charge on any atom is 0.421 e. The molecule has 4 rings (SSSR count). The van der Waals surface area contributed by atoms with Crippen LogP contribution in [0.2, 0.25) is 0 Å². The minimum Gasteiger partial charge on any atom is -0.367 e. The molecule has 1 saturated carbocycles. The topological polar surface area (TPSA) is 117 Å². The largest absolute Gasteiger partial charge is 0.421 e. The van der Waals surface area contributed by atoms with Gasteiger partial charge < -0.3 is 20.4 Å². The van der Waals surface area contributed by atoms with Crippen molar-refractivity contribution in [3.8, 4) is 6.19 Å². The number of hydrogen-bond acceptors (Lipinski definition) is 8. The Balaban J connectivity index is 1.44. The van der Waals surface area contributed by atoms with Crippen LogP contribution in [-0.2, 0) is 11.0 Å². The lowest BCUT2D eigenvalue weighted by atomic mass is 10.0. The third-order valence-corrected chi connectivity index (χ3v) is 7.64. The third kappa shape index (κ3) is 6.80. The Hall–Kier alpha value is -3.92. The normalized spacial score (nSPS) is 20.0. The van der Waals surface area contributed by atoms with Gasteiger partial charge in [-0.1, -0.05) is 0 Å². The van der Waals surface area contributed by atoms with E-state index in [1.54, 1.807) is 42.4 Å². The lowest BCUT2D eigenvalue weighted by Gasteiger charge is -2.35. The first kappa shape index (κ1) is 29.1. The van der Waals surface area contributed by atoms with E-state index in [-0.39, 0.29) is 36.0 Å². The van der Waals surface area contributed by atoms with E-state index in [0.29, 0.717) is 30.3 Å². The summed E-state index contributed by atoms with van der Waals surface area (Å²) in [6, 6.07) is 6.39. The molecule has 1 aliphatic carbocycles. The Kier molecular flexibility index (Phi) is 8.78. The van der Waals surface area contributed by atoms with Crippen molar-refractivity contribution in [3.05, 3.63) is 41.6 Å². The smallest absolute Gasteiger partial charge is 0.367 e. The van der Waals surface area contributed by atoms with Crippen LogP contribution in [0.1, 0.15) is 48.0 Å². The van der Waals surface area contributed by atoms with Gasteiger partial charge in [0.1, 0.15) is 11.4 Å². The number of benzene rings is 1. The number of amides is 2. The lowest BCUT2D eigenvalue weighted by Crippen LogP contribution is -2.44. The molecule has 0 spiro atoms. The summed E-state index contributed by atoms with van der Waals surface area (Å²) >= 11 is 0. The molecule has 214 valence electrons. The van der Waals surface area contributed by atoms with Crippen LogP contribution in [0.4, 0.5) is 30.6 Å². The van der Waals surface area contributed by atoms with Crippen molar-refractivity contribution in [2.45, 2.75) is 50.4 Å². The summed E-state index contributed by atoms with van der Waals surface area (Å²) in [6.45, 7) is 1.88. The zero-order valence-electron chi connectivity index (χ0n) is 22.7. The summed E-state index contributed by atoms with van der Waals surface area (Å²) in [5.41, 5.74) is 0.00479. The summed E-state index contributed by atoms with van der Waals surface area (Å²) < 4.78 is 41.1. The molecule has 2 amide bonds. The van der Waals surface area contributed by atoms with Crippen LogP contribution in [-0.4, -0.2) is 82.8 Å². The van der Waals surface area contributed by atoms with Gasteiger partial charge in [-0.25, -0.2) is 4.98 Å². The molecule has 1 aromatic carbocycles. The number of halogens is 3. The van der Waals surface area contributed by atoms with Crippen molar-refractivity contribution < 1.29 is 22.8 Å². The van der Waals surface area contributed by atoms with Crippen LogP contribution >= 0.6 is 0 Å². The number of piperidine rings is 1. The predicted octanol–water partition coefficient (Wildman–Crippen LogP) is 3.93. The van der Waals surface area contributed by atoms with Gasteiger partial charge in [-0.3, -0.25) is 14.5 Å². The monoisotopic (exact) mass is 558 g/mol. The molecular formula is C27H33F3N8O2. The predicted molar refractivity (Wildman–Crippen MR) is 143 cm³/mol. The molecular weight excluding hydrogens is 525 g/mol. The number of carbonyl (C=O) groups excluding carboxylic acids is 2. The molecule has 2 fully saturated rings. The highest BCUT2D eigenvalue weighted by Gasteiger charge is 2.38. The first-order chi connectivity index (χ1) is 19.0. The SMILES string of the molecule is CN1CCC(N(C)C(=O)c2ccc(Nc3ncc(C(F)(F)F)c(N[C@@H]4CC[C@H](C(=O)N(C)C#N)C4)n3)cc2)CC1. The molecule has 1 aromatic heterocycles. The zero-order valence-corrected chi connectivity index (χ0v) is 22.7. The molecule has 0 radical (unpaired) electrons. The second-order valence-corrected chi connectivity index (χ2v) is 10.5. The van der Waals surface area contributed by atoms with Crippen LogP contribution in [0.15, 0.2) is 30.5 Å². The molecule has 2 aromatic rings. The number of aromatic nitrogens is 2. The Bertz CT molecular complexity index is 1260. The molecule has 0 unspecified atom stereocenters. The number of nitrogens with zero attached hydrogens (tertiary/aromatic N) is 6. The van der Waals surface area contributed by atoms with Crippen LogP contribution in [0.3, 0.4) is 0 Å². The van der Waals surface area contributed by atoms with Crippen LogP contribution in [0.25, 0.3) is 0 Å². The van der Waals surface area contributed by atoms with Crippen molar-refractivity contribution in [1.29, 1.82) is 5.26 Å². The van der Waals surface area contributed by atoms with Crippen LogP contribution < -0.4 is 10.6 Å². The fraction of sp³-hybridized carbons (Fsp3) is 0.519. The van der Waals surface area contributed by atoms with E-state index >= 15 is 0 Å². The summed E-state index contributed by atoms with van der Waals surface area (Å²) in [5.74, 6) is -1.33. The van der Waals surface area contributed by atoms with Gasteiger partial charge in [0.2, 0.25) is 11.9 Å². The van der Waals surface area contributed by atoms with Gasteiger partial charge in [-0.05, 0) is 76.5 Å². The molecule has 0 bridgehead atoms. The van der Waals surface area contributed by atoms with Gasteiger partial charge in [0.25, 0.3) is 5.91 Å². The Morgan fingerprint density at radius 3 is 2.40 bits per heavy atom. The molecule has 2 aliphatic rings. The van der Waals surface area contributed by atoms with E-state index in [9.17, 15) is 22.8 Å². The van der Waals surface area contributed by atoms with Crippen molar-refractivity contribution in [3.63, 3.8) is 0 Å². The number of rotatable bonds is 7. The Labute approximate surface area is 231 Å². The molecule has 2 N–H and O–H groups in total. The van der Waals surface area contributed by atoms with Crippen molar-refractivity contribution in [1.82, 2.24) is 24.7 Å². The molecule has 40 heavy (non-hydrogen) atoms. The van der Waals surface area contributed by atoms with E-state index in [1.165, 1.54) is 7.05 Å². The van der Waals surface area contributed by atoms with E-state index < -0.39 is 23.7 Å². The minimum atomic E-state index is -4.68. The number of carbonyl (C=O) groups is 2. The number of nitrogens with one attached hydrogen (secondary N) is 2. The standard InChI is InChI=1S/C27H33F3N8O2/c1-36-12-10-21(11-13-36)38(3)25(40)17-4-7-19(8-5-17)34-26-32-15-22(27(28,29)30)23(35-26)33-20-9-6-18(14-20)24(39)37(2)16-31/h4-5,7-8,15,18,20-21H,6,9-14H2,1-3H3,(H2,32,33,34,35)/t18-,20+/m0/s1. The summed E-state index contributed by atoms with van der Waals surface area (Å²) in [7, 11) is 5.23. The first-order valence-corrected chi connectivity index (χ1v) is 13.2. The highest BCUT2D eigenvalue weighted by molar-refractivity contribution is 5.94. The van der Waals surface area contributed by atoms with E-state index in [2.05, 4.69) is 32.5 Å². The number of nitriles is 1. The van der Waals surface area contributed by atoms with Crippen molar-refractivity contribution in [2.75, 3.05) is 44.9 Å². The summed E-state index contributed by atoms with van der Waals surface area (Å²) in [4.78, 5) is 38.1. The molecule has 10 nitrogen and oxygen atoms in total. The Morgan fingerprint density at radius 2 is 1.77 bits per heavy atom. The van der Waals surface area contributed by atoms with Gasteiger partial charge in [-0.15, -0.1) is 0 Å². The molecule has 1 saturated heterocycles. The fourth-order valence-electron chi connectivity index (χ4n) is 5.19. The van der Waals surface area contributed by atoms with E-state index in [1.807, 2.05) is 0 Å².